The van der Waals surface area contributed by atoms with E-state index < -0.39 is 0 Å². The van der Waals surface area contributed by atoms with Crippen LogP contribution in [-0.4, -0.2) is 30.8 Å². The molecule has 20 atom stereocenters. The molecular weight excluding hydrogens is 1150 g/mol. The third kappa shape index (κ3) is 11.5. The van der Waals surface area contributed by atoms with Crippen LogP contribution in [0.1, 0.15) is 135 Å². The quantitative estimate of drug-likeness (QED) is 0.131. The van der Waals surface area contributed by atoms with E-state index in [0.29, 0.717) is 27.1 Å². The first kappa shape index (κ1) is 66.8. The topological polar surface area (TPSA) is 171 Å². The molecule has 84 heavy (non-hydrogen) atoms. The number of halogens is 3. The number of benzene rings is 5. The van der Waals surface area contributed by atoms with Crippen LogP contribution in [0.2, 0.25) is 5.02 Å². The lowest BCUT2D eigenvalue weighted by atomic mass is 9.89. The number of carbonyl (C=O) groups excluding carboxylic acids is 10. The molecule has 0 N–H and O–H groups in total. The van der Waals surface area contributed by atoms with Crippen molar-refractivity contribution in [3.8, 4) is 0 Å². The van der Waals surface area contributed by atoms with Crippen LogP contribution in [0.5, 0.6) is 0 Å². The molecule has 10 fully saturated rings. The summed E-state index contributed by atoms with van der Waals surface area (Å²) in [6.07, 6.45) is 7.93. The highest BCUT2D eigenvalue weighted by molar-refractivity contribution is 9.10. The summed E-state index contributed by atoms with van der Waals surface area (Å²) in [5.41, 5.74) is 11.9. The molecule has 0 radical (unpaired) electrons. The van der Waals surface area contributed by atoms with Gasteiger partial charge < -0.3 is 0 Å². The second kappa shape index (κ2) is 27.4. The van der Waals surface area contributed by atoms with Crippen LogP contribution >= 0.6 is 27.5 Å². The third-order valence-electron chi connectivity index (χ3n) is 22.4. The lowest BCUT2D eigenvalue weighted by Gasteiger charge is -2.15. The Morgan fingerprint density at radius 3 is 0.810 bits per heavy atom. The van der Waals surface area contributed by atoms with Gasteiger partial charge in [0.15, 0.2) is 0 Å². The highest BCUT2D eigenvalue weighted by Gasteiger charge is 2.86. The van der Waals surface area contributed by atoms with Crippen LogP contribution < -0.4 is 0 Å². The Morgan fingerprint density at radius 2 is 0.583 bits per heavy atom. The molecule has 10 nitrogen and oxygen atoms in total. The maximum Gasteiger partial charge on any atom is 0.373 e. The summed E-state index contributed by atoms with van der Waals surface area (Å²) in [5.74, 6) is 14.2. The Labute approximate surface area is 508 Å². The van der Waals surface area contributed by atoms with Crippen LogP contribution in [0, 0.1) is 102 Å². The molecule has 0 bridgehead atoms. The van der Waals surface area contributed by atoms with Crippen molar-refractivity contribution >= 4 is 58.3 Å². The van der Waals surface area contributed by atoms with Gasteiger partial charge in [0.05, 0.1) is 0 Å². The molecular formula is C71H79BrClFO10. The molecule has 5 aromatic carbocycles. The van der Waals surface area contributed by atoms with E-state index in [1.807, 2.05) is 24.3 Å². The zero-order valence-corrected chi connectivity index (χ0v) is 52.4. The van der Waals surface area contributed by atoms with E-state index >= 15 is 0 Å². The Morgan fingerprint density at radius 1 is 0.369 bits per heavy atom. The van der Waals surface area contributed by atoms with Crippen molar-refractivity contribution in [2.45, 2.75) is 135 Å². The molecule has 0 heterocycles. The van der Waals surface area contributed by atoms with Gasteiger partial charge in [-0.25, -0.2) is 4.39 Å². The van der Waals surface area contributed by atoms with Gasteiger partial charge in [0.1, 0.15) is 5.82 Å². The number of hydrogen-bond acceptors (Lipinski definition) is 10. The standard InChI is InChI=1S/C14H18.C13H15Br.C13H15Cl.C13H15F.C13H16.5CO2/c1-4-12-13-10(3)14(12,13)11-7-5-9(2)6-8-11;3*1-3-11-12-8(2)13(11,12)9-4-6-10(14)7-5-9;1-3-11-12-9(2)13(11,12)10-7-5-4-6-8-10;5*2-1-3/h5-8,10,12-13H,4H2,1-3H3;3*4-8,11-12H,3H2,1-2H3;4-9,11-12H,3H2,1-2H3;;;;;/t10-,12-,13?,14?;3*8-,11-,12?,13?;9-,11-,12?,13?;;;;;/m11111...../s1. The molecule has 0 amide bonds. The molecule has 0 spiro atoms. The van der Waals surface area contributed by atoms with Crippen LogP contribution in [-0.2, 0) is 75.0 Å². The predicted molar refractivity (Wildman–Crippen MR) is 315 cm³/mol. The van der Waals surface area contributed by atoms with Gasteiger partial charge in [-0.15, -0.1) is 0 Å². The summed E-state index contributed by atoms with van der Waals surface area (Å²) >= 11 is 9.40. The van der Waals surface area contributed by atoms with Gasteiger partial charge in [0.25, 0.3) is 0 Å². The van der Waals surface area contributed by atoms with Crippen molar-refractivity contribution in [3.63, 3.8) is 0 Å². The maximum atomic E-state index is 12.8. The number of hydrogen-bond donors (Lipinski definition) is 0. The van der Waals surface area contributed by atoms with Crippen molar-refractivity contribution in [1.29, 1.82) is 0 Å². The molecule has 10 aliphatic rings. The van der Waals surface area contributed by atoms with Gasteiger partial charge in [-0.1, -0.05) is 225 Å². The van der Waals surface area contributed by atoms with Crippen LogP contribution in [0.3, 0.4) is 0 Å². The van der Waals surface area contributed by atoms with E-state index in [1.165, 1.54) is 53.3 Å². The zero-order valence-electron chi connectivity index (χ0n) is 50.0. The largest absolute Gasteiger partial charge is 0.373 e. The number of rotatable bonds is 10. The minimum atomic E-state index is -0.122. The van der Waals surface area contributed by atoms with Gasteiger partial charge in [0.2, 0.25) is 0 Å². The highest BCUT2D eigenvalue weighted by atomic mass is 79.9. The lowest BCUT2D eigenvalue weighted by Crippen LogP contribution is -2.10. The van der Waals surface area contributed by atoms with Gasteiger partial charge in [-0.3, -0.25) is 0 Å². The van der Waals surface area contributed by atoms with E-state index in [4.69, 9.17) is 59.5 Å². The van der Waals surface area contributed by atoms with E-state index in [-0.39, 0.29) is 36.6 Å². The maximum absolute atomic E-state index is 12.8. The summed E-state index contributed by atoms with van der Waals surface area (Å²) in [4.78, 5) is 81.2. The van der Waals surface area contributed by atoms with Crippen molar-refractivity contribution in [3.05, 3.63) is 176 Å². The van der Waals surface area contributed by atoms with Gasteiger partial charge >= 0.3 is 30.8 Å². The van der Waals surface area contributed by atoms with Crippen molar-refractivity contribution in [1.82, 2.24) is 0 Å². The van der Waals surface area contributed by atoms with E-state index in [0.717, 1.165) is 93.8 Å². The molecule has 0 aliphatic heterocycles. The highest BCUT2D eigenvalue weighted by Crippen LogP contribution is 2.87. The average Bonchev–Trinajstić information content (AvgIpc) is 1.60. The molecule has 10 unspecified atom stereocenters. The molecule has 15 rings (SSSR count). The summed E-state index contributed by atoms with van der Waals surface area (Å²) in [7, 11) is 0. The summed E-state index contributed by atoms with van der Waals surface area (Å²) in [6.45, 7) is 25.6. The molecule has 5 aromatic rings. The van der Waals surface area contributed by atoms with E-state index in [1.54, 1.807) is 28.8 Å². The first-order chi connectivity index (χ1) is 40.3. The molecule has 444 valence electrons. The van der Waals surface area contributed by atoms with Crippen LogP contribution in [0.4, 0.5) is 4.39 Å². The second-order valence-electron chi connectivity index (χ2n) is 24.5. The summed E-state index contributed by atoms with van der Waals surface area (Å²) in [6, 6.07) is 44.9. The van der Waals surface area contributed by atoms with Crippen molar-refractivity contribution in [2.24, 2.45) is 88.8 Å². The predicted octanol–water partition coefficient (Wildman–Crippen LogP) is 15.1. The SMILES string of the molecule is CC[C@@H]1C2[C@@H](C)C21c1ccc(Br)cc1.CC[C@@H]1C2[C@@H](C)C21c1ccc(C)cc1.CC[C@@H]1C2[C@@H](C)C21c1ccc(Cl)cc1.CC[C@@H]1C2[C@@H](C)C21c1ccc(F)cc1.CC[C@@H]1C2[C@@H](C)C21c1ccccc1.O=C=O.O=C=O.O=C=O.O=C=O.O=C=O. The van der Waals surface area contributed by atoms with Crippen LogP contribution in [0.25, 0.3) is 0 Å². The monoisotopic (exact) mass is 1220 g/mol. The first-order valence-corrected chi connectivity index (χ1v) is 30.9. The number of aryl methyl sites for hydroxylation is 1. The van der Waals surface area contributed by atoms with Gasteiger partial charge in [-0.05, 0) is 160 Å². The minimum absolute atomic E-state index is 0.122. The van der Waals surface area contributed by atoms with Crippen molar-refractivity contribution < 1.29 is 52.3 Å². The molecule has 10 saturated carbocycles. The average molecular weight is 1230 g/mol. The zero-order chi connectivity index (χ0) is 62.3. The number of fused-ring (bicyclic) bond motifs is 5. The normalized spacial score (nSPS) is 36.3. The Balaban J connectivity index is 0.000000159. The van der Waals surface area contributed by atoms with E-state index in [9.17, 15) is 4.39 Å². The van der Waals surface area contributed by atoms with Crippen molar-refractivity contribution in [2.75, 3.05) is 0 Å². The van der Waals surface area contributed by atoms with Crippen LogP contribution in [0.15, 0.2) is 132 Å². The lowest BCUT2D eigenvalue weighted by molar-refractivity contribution is -0.193. The Hall–Kier alpha value is -6.30. The fourth-order valence-corrected chi connectivity index (χ4v) is 19.0. The Kier molecular flexibility index (Phi) is 21.8. The first-order valence-electron chi connectivity index (χ1n) is 29.7. The van der Waals surface area contributed by atoms with Gasteiger partial charge in [-0.2, -0.15) is 47.9 Å². The molecule has 0 aromatic heterocycles. The minimum Gasteiger partial charge on any atom is -0.207 e. The second-order valence-corrected chi connectivity index (χ2v) is 25.8. The summed E-state index contributed by atoms with van der Waals surface area (Å²) in [5, 5.41) is 0.851. The third-order valence-corrected chi connectivity index (χ3v) is 23.2. The Bertz CT molecular complexity index is 2800. The van der Waals surface area contributed by atoms with E-state index in [2.05, 4.69) is 183 Å². The molecule has 13 heteroatoms. The molecule has 10 aliphatic carbocycles. The fourth-order valence-electron chi connectivity index (χ4n) is 18.6. The smallest absolute Gasteiger partial charge is 0.207 e. The fraction of sp³-hybridized carbons (Fsp3) is 0.507. The van der Waals surface area contributed by atoms with Gasteiger partial charge in [0, 0.05) is 36.6 Å². The molecule has 0 saturated heterocycles. The summed E-state index contributed by atoms with van der Waals surface area (Å²) < 4.78 is 14.0.